The molecule has 0 radical (unpaired) electrons. The maximum Gasteiger partial charge on any atom is 0.363 e. The zero-order valence-corrected chi connectivity index (χ0v) is 12.7. The van der Waals surface area contributed by atoms with Gasteiger partial charge in [-0.2, -0.15) is 15.2 Å². The first-order chi connectivity index (χ1) is 10.0. The van der Waals surface area contributed by atoms with Crippen molar-refractivity contribution in [3.8, 4) is 5.75 Å². The summed E-state index contributed by atoms with van der Waals surface area (Å²) >= 11 is 12.0. The van der Waals surface area contributed by atoms with E-state index in [1.165, 1.54) is 13.3 Å². The van der Waals surface area contributed by atoms with E-state index in [9.17, 15) is 4.79 Å². The Morgan fingerprint density at radius 1 is 1.38 bits per heavy atom. The summed E-state index contributed by atoms with van der Waals surface area (Å²) in [7, 11) is 1.48. The third-order valence-electron chi connectivity index (χ3n) is 2.48. The highest BCUT2D eigenvalue weighted by atomic mass is 35.5. The fourth-order valence-electron chi connectivity index (χ4n) is 1.51. The normalized spacial score (nSPS) is 10.9. The van der Waals surface area contributed by atoms with Crippen molar-refractivity contribution < 1.29 is 4.74 Å². The van der Waals surface area contributed by atoms with E-state index in [1.807, 2.05) is 0 Å². The molecule has 1 heterocycles. The molecule has 0 unspecified atom stereocenters. The van der Waals surface area contributed by atoms with E-state index < -0.39 is 5.69 Å². The largest absolute Gasteiger partial charge is 0.494 e. The van der Waals surface area contributed by atoms with Crippen LogP contribution in [0.4, 0.5) is 5.82 Å². The summed E-state index contributed by atoms with van der Waals surface area (Å²) in [5.74, 6) is 0.667. The number of benzene rings is 1. The zero-order valence-electron chi connectivity index (χ0n) is 11.1. The van der Waals surface area contributed by atoms with Crippen LogP contribution in [-0.4, -0.2) is 28.5 Å². The highest BCUT2D eigenvalue weighted by molar-refractivity contribution is 6.37. The number of aromatic amines is 1. The highest BCUT2D eigenvalue weighted by Gasteiger charge is 2.07. The van der Waals surface area contributed by atoms with Crippen molar-refractivity contribution in [3.63, 3.8) is 0 Å². The lowest BCUT2D eigenvalue weighted by atomic mass is 10.2. The van der Waals surface area contributed by atoms with Crippen LogP contribution in [0.5, 0.6) is 5.75 Å². The van der Waals surface area contributed by atoms with E-state index in [1.54, 1.807) is 19.1 Å². The van der Waals surface area contributed by atoms with Crippen LogP contribution in [0, 0.1) is 6.92 Å². The average molecular weight is 328 g/mol. The van der Waals surface area contributed by atoms with Crippen molar-refractivity contribution in [2.24, 2.45) is 5.10 Å². The van der Waals surface area contributed by atoms with Crippen molar-refractivity contribution in [2.75, 3.05) is 12.5 Å². The van der Waals surface area contributed by atoms with Crippen LogP contribution < -0.4 is 15.9 Å². The quantitative estimate of drug-likeness (QED) is 0.663. The molecule has 0 bridgehead atoms. The molecule has 0 aliphatic heterocycles. The predicted molar refractivity (Wildman–Crippen MR) is 81.6 cm³/mol. The van der Waals surface area contributed by atoms with Gasteiger partial charge in [-0.05, 0) is 24.6 Å². The minimum atomic E-state index is -0.561. The van der Waals surface area contributed by atoms with E-state index in [-0.39, 0.29) is 5.82 Å². The van der Waals surface area contributed by atoms with Gasteiger partial charge in [0, 0.05) is 0 Å². The maximum atomic E-state index is 11.1. The summed E-state index contributed by atoms with van der Waals surface area (Å²) in [6, 6.07) is 3.29. The second kappa shape index (κ2) is 6.55. The molecule has 0 spiro atoms. The van der Waals surface area contributed by atoms with Crippen LogP contribution in [0.25, 0.3) is 0 Å². The first-order valence-electron chi connectivity index (χ1n) is 5.76. The molecular formula is C12H11Cl2N5O2. The molecule has 2 rings (SSSR count). The summed E-state index contributed by atoms with van der Waals surface area (Å²) in [5, 5.41) is 10.7. The van der Waals surface area contributed by atoms with Crippen molar-refractivity contribution in [2.45, 2.75) is 6.92 Å². The number of halogens is 2. The first-order valence-corrected chi connectivity index (χ1v) is 6.52. The molecule has 0 fully saturated rings. The van der Waals surface area contributed by atoms with Gasteiger partial charge >= 0.3 is 5.69 Å². The monoisotopic (exact) mass is 327 g/mol. The molecule has 2 aromatic rings. The number of methoxy groups -OCH3 is 1. The van der Waals surface area contributed by atoms with Gasteiger partial charge in [0.05, 0.1) is 23.4 Å². The van der Waals surface area contributed by atoms with E-state index in [4.69, 9.17) is 27.9 Å². The van der Waals surface area contributed by atoms with E-state index in [0.717, 1.165) is 0 Å². The number of anilines is 1. The second-order valence-corrected chi connectivity index (χ2v) is 4.78. The number of rotatable bonds is 4. The Morgan fingerprint density at radius 2 is 2.05 bits per heavy atom. The van der Waals surface area contributed by atoms with Crippen LogP contribution in [0.1, 0.15) is 11.3 Å². The molecule has 110 valence electrons. The van der Waals surface area contributed by atoms with E-state index >= 15 is 0 Å². The fourth-order valence-corrected chi connectivity index (χ4v) is 2.17. The molecule has 0 amide bonds. The molecular weight excluding hydrogens is 317 g/mol. The molecule has 2 N–H and O–H groups in total. The number of nitrogens with zero attached hydrogens (tertiary/aromatic N) is 3. The zero-order chi connectivity index (χ0) is 15.4. The number of aromatic nitrogens is 3. The Kier molecular flexibility index (Phi) is 4.77. The summed E-state index contributed by atoms with van der Waals surface area (Å²) in [6.07, 6.45) is 1.49. The van der Waals surface area contributed by atoms with Crippen molar-refractivity contribution in [3.05, 3.63) is 43.9 Å². The van der Waals surface area contributed by atoms with Crippen LogP contribution in [0.2, 0.25) is 10.0 Å². The van der Waals surface area contributed by atoms with Crippen LogP contribution in [-0.2, 0) is 0 Å². The molecule has 9 heteroatoms. The number of hydrogen-bond donors (Lipinski definition) is 2. The lowest BCUT2D eigenvalue weighted by Crippen LogP contribution is -2.15. The molecule has 21 heavy (non-hydrogen) atoms. The number of ether oxygens (including phenoxy) is 1. The SMILES string of the molecule is COc1c(Cl)cc(/C=N/Nc2nc(=O)[nH]nc2C)cc1Cl. The molecule has 0 saturated carbocycles. The standard InChI is InChI=1S/C12H11Cl2N5O2/c1-6-11(16-12(20)19-17-6)18-15-5-7-3-8(13)10(21-2)9(14)4-7/h3-5H,1-2H3,(H2,16,18,19,20)/b15-5+. The Morgan fingerprint density at radius 3 is 2.67 bits per heavy atom. The Bertz CT molecular complexity index is 722. The van der Waals surface area contributed by atoms with Gasteiger partial charge in [-0.15, -0.1) is 0 Å². The van der Waals surface area contributed by atoms with Gasteiger partial charge in [-0.3, -0.25) is 5.43 Å². The van der Waals surface area contributed by atoms with Crippen LogP contribution in [0.3, 0.4) is 0 Å². The van der Waals surface area contributed by atoms with Gasteiger partial charge in [0.2, 0.25) is 0 Å². The smallest absolute Gasteiger partial charge is 0.363 e. The molecule has 7 nitrogen and oxygen atoms in total. The summed E-state index contributed by atoms with van der Waals surface area (Å²) in [5.41, 5.74) is 3.24. The van der Waals surface area contributed by atoms with Gasteiger partial charge in [-0.25, -0.2) is 9.89 Å². The van der Waals surface area contributed by atoms with Crippen molar-refractivity contribution >= 4 is 35.2 Å². The number of hydrazone groups is 1. The van der Waals surface area contributed by atoms with Crippen LogP contribution in [0.15, 0.2) is 22.0 Å². The van der Waals surface area contributed by atoms with Crippen molar-refractivity contribution in [1.82, 2.24) is 15.2 Å². The first kappa shape index (κ1) is 15.3. The molecule has 1 aromatic heterocycles. The average Bonchev–Trinajstić information content (AvgIpc) is 2.42. The second-order valence-electron chi connectivity index (χ2n) is 3.96. The minimum absolute atomic E-state index is 0.265. The topological polar surface area (TPSA) is 92.3 Å². The van der Waals surface area contributed by atoms with Gasteiger partial charge in [-0.1, -0.05) is 23.2 Å². The Labute approximate surface area is 130 Å². The molecule has 0 aliphatic rings. The van der Waals surface area contributed by atoms with Crippen LogP contribution >= 0.6 is 23.2 Å². The number of nitrogens with one attached hydrogen (secondary N) is 2. The van der Waals surface area contributed by atoms with Gasteiger partial charge in [0.25, 0.3) is 0 Å². The third-order valence-corrected chi connectivity index (χ3v) is 3.05. The predicted octanol–water partition coefficient (Wildman–Crippen LogP) is 2.23. The van der Waals surface area contributed by atoms with E-state index in [0.29, 0.717) is 27.1 Å². The summed E-state index contributed by atoms with van der Waals surface area (Å²) < 4.78 is 5.05. The Balaban J connectivity index is 2.18. The summed E-state index contributed by atoms with van der Waals surface area (Å²) in [4.78, 5) is 14.8. The lowest BCUT2D eigenvalue weighted by Gasteiger charge is -2.06. The third kappa shape index (κ3) is 3.71. The van der Waals surface area contributed by atoms with Crippen molar-refractivity contribution in [1.29, 1.82) is 0 Å². The molecule has 0 aliphatic carbocycles. The fraction of sp³-hybridized carbons (Fsp3) is 0.167. The maximum absolute atomic E-state index is 11.1. The lowest BCUT2D eigenvalue weighted by molar-refractivity contribution is 0.415. The van der Waals surface area contributed by atoms with Gasteiger partial charge in [0.1, 0.15) is 5.69 Å². The number of hydrogen-bond acceptors (Lipinski definition) is 6. The number of aryl methyl sites for hydroxylation is 1. The minimum Gasteiger partial charge on any atom is -0.494 e. The van der Waals surface area contributed by atoms with E-state index in [2.05, 4.69) is 25.7 Å². The summed E-state index contributed by atoms with van der Waals surface area (Å²) in [6.45, 7) is 1.68. The Hall–Kier alpha value is -2.12. The van der Waals surface area contributed by atoms with Gasteiger partial charge < -0.3 is 4.74 Å². The molecule has 0 saturated heterocycles. The molecule has 0 atom stereocenters. The highest BCUT2D eigenvalue weighted by Crippen LogP contribution is 2.33. The number of H-pyrrole nitrogens is 1. The van der Waals surface area contributed by atoms with Gasteiger partial charge in [0.15, 0.2) is 11.6 Å². The molecule has 1 aromatic carbocycles.